The minimum absolute atomic E-state index is 0.607. The Balaban J connectivity index is 2.28. The van der Waals surface area contributed by atoms with E-state index in [1.807, 2.05) is 24.3 Å². The molecule has 0 aliphatic heterocycles. The van der Waals surface area contributed by atoms with Crippen molar-refractivity contribution in [2.45, 2.75) is 0 Å². The van der Waals surface area contributed by atoms with Gasteiger partial charge in [-0.25, -0.2) is 0 Å². The molecule has 2 aromatic rings. The molecule has 2 aromatic carbocycles. The van der Waals surface area contributed by atoms with Crippen molar-refractivity contribution in [3.8, 4) is 11.8 Å². The predicted octanol–water partition coefficient (Wildman–Crippen LogP) is 2.89. The highest BCUT2D eigenvalue weighted by atomic mass is 16.5. The van der Waals surface area contributed by atoms with E-state index in [1.54, 1.807) is 25.3 Å². The Morgan fingerprint density at radius 3 is 2.72 bits per heavy atom. The molecule has 0 heterocycles. The van der Waals surface area contributed by atoms with Gasteiger partial charge in [-0.15, -0.1) is 0 Å². The van der Waals surface area contributed by atoms with E-state index in [0.717, 1.165) is 11.4 Å². The summed E-state index contributed by atoms with van der Waals surface area (Å²) >= 11 is 0. The average molecular weight is 239 g/mol. The summed E-state index contributed by atoms with van der Waals surface area (Å²) in [5, 5.41) is 12.0. The van der Waals surface area contributed by atoms with Crippen molar-refractivity contribution >= 4 is 17.1 Å². The number of methoxy groups -OCH3 is 1. The quantitative estimate of drug-likeness (QED) is 0.808. The Kier molecular flexibility index (Phi) is 3.35. The normalized spacial score (nSPS) is 9.56. The lowest BCUT2D eigenvalue weighted by Crippen LogP contribution is -1.94. The van der Waals surface area contributed by atoms with Gasteiger partial charge in [0.2, 0.25) is 0 Å². The second-order valence-electron chi connectivity index (χ2n) is 3.81. The van der Waals surface area contributed by atoms with Crippen molar-refractivity contribution in [3.63, 3.8) is 0 Å². The van der Waals surface area contributed by atoms with E-state index in [-0.39, 0.29) is 0 Å². The van der Waals surface area contributed by atoms with Crippen molar-refractivity contribution < 1.29 is 4.74 Å². The maximum atomic E-state index is 8.84. The van der Waals surface area contributed by atoms with Crippen LogP contribution in [0.25, 0.3) is 0 Å². The lowest BCUT2D eigenvalue weighted by molar-refractivity contribution is 0.415. The third-order valence-corrected chi connectivity index (χ3v) is 2.44. The standard InChI is InChI=1S/C14H13N3O/c1-18-14-7-11(16)6-13(8-14)17-12-4-2-3-10(5-12)9-15/h2-8,17H,16H2,1H3. The van der Waals surface area contributed by atoms with Crippen molar-refractivity contribution in [2.24, 2.45) is 0 Å². The van der Waals surface area contributed by atoms with Crippen LogP contribution in [0.4, 0.5) is 17.1 Å². The van der Waals surface area contributed by atoms with Crippen molar-refractivity contribution in [3.05, 3.63) is 48.0 Å². The molecule has 0 aliphatic carbocycles. The molecule has 3 N–H and O–H groups in total. The molecule has 4 nitrogen and oxygen atoms in total. The summed E-state index contributed by atoms with van der Waals surface area (Å²) in [5.41, 5.74) is 8.65. The molecule has 0 aliphatic rings. The van der Waals surface area contributed by atoms with Gasteiger partial charge in [-0.05, 0) is 24.3 Å². The second kappa shape index (κ2) is 5.11. The molecule has 0 bridgehead atoms. The first-order valence-electron chi connectivity index (χ1n) is 5.43. The van der Waals surface area contributed by atoms with E-state index in [4.69, 9.17) is 15.7 Å². The van der Waals surface area contributed by atoms with Gasteiger partial charge in [0.15, 0.2) is 0 Å². The molecule has 90 valence electrons. The fraction of sp³-hybridized carbons (Fsp3) is 0.0714. The molecular weight excluding hydrogens is 226 g/mol. The summed E-state index contributed by atoms with van der Waals surface area (Å²) in [6, 6.07) is 14.7. The van der Waals surface area contributed by atoms with E-state index < -0.39 is 0 Å². The number of nitrogens with two attached hydrogens (primary N) is 1. The molecule has 0 aromatic heterocycles. The van der Waals surface area contributed by atoms with Crippen LogP contribution in [0.5, 0.6) is 5.75 Å². The van der Waals surface area contributed by atoms with Crippen LogP contribution in [-0.2, 0) is 0 Å². The third kappa shape index (κ3) is 2.71. The van der Waals surface area contributed by atoms with Crippen LogP contribution >= 0.6 is 0 Å². The molecular formula is C14H13N3O. The van der Waals surface area contributed by atoms with Crippen molar-refractivity contribution in [1.29, 1.82) is 5.26 Å². The largest absolute Gasteiger partial charge is 0.497 e. The minimum Gasteiger partial charge on any atom is -0.497 e. The third-order valence-electron chi connectivity index (χ3n) is 2.44. The van der Waals surface area contributed by atoms with E-state index >= 15 is 0 Å². The monoisotopic (exact) mass is 239 g/mol. The first-order valence-corrected chi connectivity index (χ1v) is 5.43. The number of nitrogens with one attached hydrogen (secondary N) is 1. The van der Waals surface area contributed by atoms with Gasteiger partial charge in [-0.2, -0.15) is 5.26 Å². The number of rotatable bonds is 3. The van der Waals surface area contributed by atoms with Gasteiger partial charge >= 0.3 is 0 Å². The van der Waals surface area contributed by atoms with Crippen LogP contribution in [0.3, 0.4) is 0 Å². The molecule has 0 radical (unpaired) electrons. The first-order chi connectivity index (χ1) is 8.71. The second-order valence-corrected chi connectivity index (χ2v) is 3.81. The lowest BCUT2D eigenvalue weighted by atomic mass is 10.2. The van der Waals surface area contributed by atoms with Gasteiger partial charge in [-0.1, -0.05) is 6.07 Å². The molecule has 0 amide bonds. The topological polar surface area (TPSA) is 71.1 Å². The number of nitriles is 1. The molecule has 0 unspecified atom stereocenters. The van der Waals surface area contributed by atoms with Gasteiger partial charge in [0.05, 0.1) is 18.7 Å². The van der Waals surface area contributed by atoms with Crippen LogP contribution in [0.1, 0.15) is 5.56 Å². The Hall–Kier alpha value is -2.67. The Morgan fingerprint density at radius 2 is 2.00 bits per heavy atom. The molecule has 0 saturated carbocycles. The minimum atomic E-state index is 0.607. The molecule has 0 fully saturated rings. The molecule has 2 rings (SSSR count). The van der Waals surface area contributed by atoms with Gasteiger partial charge in [0.1, 0.15) is 5.75 Å². The Bertz CT molecular complexity index is 602. The summed E-state index contributed by atoms with van der Waals surface area (Å²) in [7, 11) is 1.59. The summed E-state index contributed by atoms with van der Waals surface area (Å²) in [6.45, 7) is 0. The van der Waals surface area contributed by atoms with Crippen molar-refractivity contribution in [1.82, 2.24) is 0 Å². The van der Waals surface area contributed by atoms with Crippen LogP contribution < -0.4 is 15.8 Å². The number of nitrogen functional groups attached to an aromatic ring is 1. The van der Waals surface area contributed by atoms with Crippen LogP contribution in [0.2, 0.25) is 0 Å². The van der Waals surface area contributed by atoms with Gasteiger partial charge < -0.3 is 15.8 Å². The zero-order chi connectivity index (χ0) is 13.0. The Labute approximate surface area is 106 Å². The fourth-order valence-corrected chi connectivity index (χ4v) is 1.65. The highest BCUT2D eigenvalue weighted by Crippen LogP contribution is 2.25. The van der Waals surface area contributed by atoms with Gasteiger partial charge in [0, 0.05) is 29.2 Å². The molecule has 18 heavy (non-hydrogen) atoms. The zero-order valence-electron chi connectivity index (χ0n) is 9.97. The van der Waals surface area contributed by atoms with Crippen LogP contribution in [-0.4, -0.2) is 7.11 Å². The number of hydrogen-bond donors (Lipinski definition) is 2. The van der Waals surface area contributed by atoms with Gasteiger partial charge in [0.25, 0.3) is 0 Å². The maximum absolute atomic E-state index is 8.84. The number of nitrogens with zero attached hydrogens (tertiary/aromatic N) is 1. The summed E-state index contributed by atoms with van der Waals surface area (Å²) < 4.78 is 5.15. The van der Waals surface area contributed by atoms with E-state index in [0.29, 0.717) is 17.0 Å². The number of ether oxygens (including phenoxy) is 1. The first kappa shape index (κ1) is 11.8. The van der Waals surface area contributed by atoms with E-state index in [9.17, 15) is 0 Å². The zero-order valence-corrected chi connectivity index (χ0v) is 9.97. The SMILES string of the molecule is COc1cc(N)cc(Nc2cccc(C#N)c2)c1. The Morgan fingerprint density at radius 1 is 1.17 bits per heavy atom. The molecule has 0 atom stereocenters. The average Bonchev–Trinajstić information content (AvgIpc) is 2.38. The lowest BCUT2D eigenvalue weighted by Gasteiger charge is -2.09. The summed E-state index contributed by atoms with van der Waals surface area (Å²) in [6.07, 6.45) is 0. The molecule has 0 spiro atoms. The predicted molar refractivity (Wildman–Crippen MR) is 71.8 cm³/mol. The van der Waals surface area contributed by atoms with E-state index in [1.165, 1.54) is 0 Å². The van der Waals surface area contributed by atoms with Gasteiger partial charge in [-0.3, -0.25) is 0 Å². The smallest absolute Gasteiger partial charge is 0.122 e. The number of hydrogen-bond acceptors (Lipinski definition) is 4. The van der Waals surface area contributed by atoms with Crippen LogP contribution in [0, 0.1) is 11.3 Å². The molecule has 4 heteroatoms. The number of benzene rings is 2. The van der Waals surface area contributed by atoms with Crippen LogP contribution in [0.15, 0.2) is 42.5 Å². The summed E-state index contributed by atoms with van der Waals surface area (Å²) in [5.74, 6) is 0.689. The van der Waals surface area contributed by atoms with Crippen molar-refractivity contribution in [2.75, 3.05) is 18.2 Å². The fourth-order valence-electron chi connectivity index (χ4n) is 1.65. The number of anilines is 3. The molecule has 0 saturated heterocycles. The van der Waals surface area contributed by atoms with E-state index in [2.05, 4.69) is 11.4 Å². The highest BCUT2D eigenvalue weighted by molar-refractivity contribution is 5.67. The maximum Gasteiger partial charge on any atom is 0.122 e. The summed E-state index contributed by atoms with van der Waals surface area (Å²) in [4.78, 5) is 0. The highest BCUT2D eigenvalue weighted by Gasteiger charge is 2.00.